The molecule has 0 fully saturated rings. The van der Waals surface area contributed by atoms with E-state index >= 15 is 0 Å². The standard InChI is InChI=1S/C20H25NO3/c1-4-5-13-23-18-11-9-17(10-12-18)21-20(22)16(3)24-19-8-6-7-15(2)14-19/h6-12,14,16H,4-5,13H2,1-3H3,(H,21,22). The first-order valence-corrected chi connectivity index (χ1v) is 8.35. The molecule has 0 aliphatic heterocycles. The minimum Gasteiger partial charge on any atom is -0.494 e. The molecule has 24 heavy (non-hydrogen) atoms. The van der Waals surface area contributed by atoms with Crippen molar-refractivity contribution in [1.82, 2.24) is 0 Å². The minimum atomic E-state index is -0.577. The second kappa shape index (κ2) is 8.96. The summed E-state index contributed by atoms with van der Waals surface area (Å²) < 4.78 is 11.3. The van der Waals surface area contributed by atoms with E-state index < -0.39 is 6.10 Å². The van der Waals surface area contributed by atoms with Crippen molar-refractivity contribution in [2.24, 2.45) is 0 Å². The lowest BCUT2D eigenvalue weighted by atomic mass is 10.2. The topological polar surface area (TPSA) is 47.6 Å². The molecule has 2 rings (SSSR count). The molecule has 0 saturated carbocycles. The highest BCUT2D eigenvalue weighted by atomic mass is 16.5. The maximum atomic E-state index is 12.2. The van der Waals surface area contributed by atoms with Crippen LogP contribution in [0.4, 0.5) is 5.69 Å². The van der Waals surface area contributed by atoms with Gasteiger partial charge in [0, 0.05) is 5.69 Å². The Morgan fingerprint density at radius 1 is 1.12 bits per heavy atom. The van der Waals surface area contributed by atoms with E-state index in [9.17, 15) is 4.79 Å². The van der Waals surface area contributed by atoms with E-state index in [1.807, 2.05) is 55.5 Å². The molecule has 128 valence electrons. The smallest absolute Gasteiger partial charge is 0.265 e. The van der Waals surface area contributed by atoms with Crippen LogP contribution < -0.4 is 14.8 Å². The van der Waals surface area contributed by atoms with Crippen LogP contribution in [0, 0.1) is 6.92 Å². The molecule has 0 aliphatic carbocycles. The number of hydrogen-bond donors (Lipinski definition) is 1. The highest BCUT2D eigenvalue weighted by Crippen LogP contribution is 2.18. The summed E-state index contributed by atoms with van der Waals surface area (Å²) in [6.45, 7) is 6.56. The maximum absolute atomic E-state index is 12.2. The molecule has 0 bridgehead atoms. The highest BCUT2D eigenvalue weighted by Gasteiger charge is 2.15. The molecule has 2 aromatic carbocycles. The monoisotopic (exact) mass is 327 g/mol. The van der Waals surface area contributed by atoms with Crippen molar-refractivity contribution in [3.8, 4) is 11.5 Å². The molecule has 4 heteroatoms. The Kier molecular flexibility index (Phi) is 6.67. The molecule has 4 nitrogen and oxygen atoms in total. The Hall–Kier alpha value is -2.49. The second-order valence-electron chi connectivity index (χ2n) is 5.79. The van der Waals surface area contributed by atoms with Crippen LogP contribution in [0.1, 0.15) is 32.3 Å². The van der Waals surface area contributed by atoms with Crippen molar-refractivity contribution >= 4 is 11.6 Å². The molecule has 0 aliphatic rings. The van der Waals surface area contributed by atoms with Crippen molar-refractivity contribution in [2.45, 2.75) is 39.7 Å². The van der Waals surface area contributed by atoms with Gasteiger partial charge in [-0.05, 0) is 62.2 Å². The first kappa shape index (κ1) is 17.9. The van der Waals surface area contributed by atoms with Gasteiger partial charge in [-0.2, -0.15) is 0 Å². The third-order valence-corrected chi connectivity index (χ3v) is 3.56. The zero-order valence-corrected chi connectivity index (χ0v) is 14.5. The first-order chi connectivity index (χ1) is 11.6. The Bertz CT molecular complexity index is 652. The van der Waals surface area contributed by atoms with Crippen LogP contribution in [0.3, 0.4) is 0 Å². The van der Waals surface area contributed by atoms with Gasteiger partial charge >= 0.3 is 0 Å². The van der Waals surface area contributed by atoms with Crippen LogP contribution in [-0.4, -0.2) is 18.6 Å². The molecule has 1 unspecified atom stereocenters. The molecule has 0 saturated heterocycles. The predicted octanol–water partition coefficient (Wildman–Crippen LogP) is 4.58. The largest absolute Gasteiger partial charge is 0.494 e. The van der Waals surface area contributed by atoms with Gasteiger partial charge in [0.2, 0.25) is 0 Å². The molecular formula is C20H25NO3. The molecule has 2 aromatic rings. The third kappa shape index (κ3) is 5.61. The maximum Gasteiger partial charge on any atom is 0.265 e. The molecule has 0 aromatic heterocycles. The lowest BCUT2D eigenvalue weighted by Crippen LogP contribution is -2.30. The molecule has 0 spiro atoms. The summed E-state index contributed by atoms with van der Waals surface area (Å²) in [7, 11) is 0. The Balaban J connectivity index is 1.86. The highest BCUT2D eigenvalue weighted by molar-refractivity contribution is 5.94. The summed E-state index contributed by atoms with van der Waals surface area (Å²) in [6.07, 6.45) is 1.56. The average Bonchev–Trinajstić information content (AvgIpc) is 2.56. The average molecular weight is 327 g/mol. The van der Waals surface area contributed by atoms with Crippen LogP contribution >= 0.6 is 0 Å². The molecule has 0 heterocycles. The van der Waals surface area contributed by atoms with Gasteiger partial charge in [-0.3, -0.25) is 4.79 Å². The number of nitrogens with one attached hydrogen (secondary N) is 1. The van der Waals surface area contributed by atoms with Gasteiger partial charge in [0.05, 0.1) is 6.61 Å². The van der Waals surface area contributed by atoms with Crippen LogP contribution in [0.2, 0.25) is 0 Å². The van der Waals surface area contributed by atoms with Gasteiger partial charge in [-0.25, -0.2) is 0 Å². The normalized spacial score (nSPS) is 11.6. The third-order valence-electron chi connectivity index (χ3n) is 3.56. The minimum absolute atomic E-state index is 0.184. The Morgan fingerprint density at radius 3 is 2.54 bits per heavy atom. The number of amides is 1. The second-order valence-corrected chi connectivity index (χ2v) is 5.79. The van der Waals surface area contributed by atoms with E-state index in [-0.39, 0.29) is 5.91 Å². The number of ether oxygens (including phenoxy) is 2. The van der Waals surface area contributed by atoms with Crippen LogP contribution in [0.5, 0.6) is 11.5 Å². The first-order valence-electron chi connectivity index (χ1n) is 8.35. The van der Waals surface area contributed by atoms with Crippen molar-refractivity contribution in [2.75, 3.05) is 11.9 Å². The summed E-state index contributed by atoms with van der Waals surface area (Å²) >= 11 is 0. The number of carbonyl (C=O) groups is 1. The van der Waals surface area contributed by atoms with Crippen molar-refractivity contribution in [3.63, 3.8) is 0 Å². The van der Waals surface area contributed by atoms with Gasteiger partial charge in [-0.1, -0.05) is 25.5 Å². The SMILES string of the molecule is CCCCOc1ccc(NC(=O)C(C)Oc2cccc(C)c2)cc1. The summed E-state index contributed by atoms with van der Waals surface area (Å²) in [5.41, 5.74) is 1.82. The lowest BCUT2D eigenvalue weighted by Gasteiger charge is -2.15. The number of benzene rings is 2. The van der Waals surface area contributed by atoms with Crippen LogP contribution in [-0.2, 0) is 4.79 Å². The fourth-order valence-corrected chi connectivity index (χ4v) is 2.16. The number of anilines is 1. The predicted molar refractivity (Wildman–Crippen MR) is 96.7 cm³/mol. The molecule has 1 atom stereocenters. The van der Waals surface area contributed by atoms with Crippen LogP contribution in [0.25, 0.3) is 0 Å². The van der Waals surface area contributed by atoms with Gasteiger partial charge in [0.15, 0.2) is 6.10 Å². The number of carbonyl (C=O) groups excluding carboxylic acids is 1. The van der Waals surface area contributed by atoms with E-state index in [4.69, 9.17) is 9.47 Å². The van der Waals surface area contributed by atoms with E-state index in [0.717, 1.165) is 29.8 Å². The summed E-state index contributed by atoms with van der Waals surface area (Å²) in [6, 6.07) is 15.0. The van der Waals surface area contributed by atoms with Gasteiger partial charge in [0.1, 0.15) is 11.5 Å². The Labute approximate surface area is 143 Å². The van der Waals surface area contributed by atoms with Gasteiger partial charge in [0.25, 0.3) is 5.91 Å². The van der Waals surface area contributed by atoms with E-state index in [2.05, 4.69) is 12.2 Å². The summed E-state index contributed by atoms with van der Waals surface area (Å²) in [5, 5.41) is 2.85. The fourth-order valence-electron chi connectivity index (χ4n) is 2.16. The van der Waals surface area contributed by atoms with Crippen molar-refractivity contribution in [1.29, 1.82) is 0 Å². The molecular weight excluding hydrogens is 302 g/mol. The van der Waals surface area contributed by atoms with E-state index in [0.29, 0.717) is 12.4 Å². The number of aryl methyl sites for hydroxylation is 1. The van der Waals surface area contributed by atoms with Crippen molar-refractivity contribution < 1.29 is 14.3 Å². The van der Waals surface area contributed by atoms with Crippen LogP contribution in [0.15, 0.2) is 48.5 Å². The quantitative estimate of drug-likeness (QED) is 0.722. The van der Waals surface area contributed by atoms with E-state index in [1.54, 1.807) is 6.92 Å². The van der Waals surface area contributed by atoms with E-state index in [1.165, 1.54) is 0 Å². The lowest BCUT2D eigenvalue weighted by molar-refractivity contribution is -0.122. The summed E-state index contributed by atoms with van der Waals surface area (Å²) in [4.78, 5) is 12.2. The molecule has 1 amide bonds. The number of unbranched alkanes of at least 4 members (excludes halogenated alkanes) is 1. The molecule has 1 N–H and O–H groups in total. The number of hydrogen-bond acceptors (Lipinski definition) is 3. The Morgan fingerprint density at radius 2 is 1.88 bits per heavy atom. The fraction of sp³-hybridized carbons (Fsp3) is 0.350. The number of rotatable bonds is 8. The summed E-state index contributed by atoms with van der Waals surface area (Å²) in [5.74, 6) is 1.32. The molecule has 0 radical (unpaired) electrons. The van der Waals surface area contributed by atoms with Gasteiger partial charge in [-0.15, -0.1) is 0 Å². The zero-order valence-electron chi connectivity index (χ0n) is 14.5. The van der Waals surface area contributed by atoms with Crippen molar-refractivity contribution in [3.05, 3.63) is 54.1 Å². The zero-order chi connectivity index (χ0) is 17.4. The van der Waals surface area contributed by atoms with Gasteiger partial charge < -0.3 is 14.8 Å².